The molecule has 4 fully saturated rings. The first-order valence-electron chi connectivity index (χ1n) is 26.4. The zero-order valence-electron chi connectivity index (χ0n) is 40.4. The number of anilines is 2. The van der Waals surface area contributed by atoms with Gasteiger partial charge in [-0.05, 0) is 98.9 Å². The van der Waals surface area contributed by atoms with E-state index in [0.717, 1.165) is 90.1 Å². The van der Waals surface area contributed by atoms with Crippen molar-refractivity contribution in [3.8, 4) is 0 Å². The Hall–Kier alpha value is -5.64. The number of nitrogens with zero attached hydrogens (tertiary/aromatic N) is 2. The summed E-state index contributed by atoms with van der Waals surface area (Å²) in [5.74, 6) is 0.936. The van der Waals surface area contributed by atoms with Crippen molar-refractivity contribution in [3.05, 3.63) is 131 Å². The number of carbonyl (C=O) groups is 4. The van der Waals surface area contributed by atoms with Crippen LogP contribution >= 0.6 is 0 Å². The number of benzene rings is 4. The Bertz CT molecular complexity index is 2180. The van der Waals surface area contributed by atoms with E-state index in [4.69, 9.17) is 0 Å². The molecule has 0 aromatic heterocycles. The van der Waals surface area contributed by atoms with E-state index in [1.807, 2.05) is 60.7 Å². The van der Waals surface area contributed by atoms with E-state index in [1.165, 1.54) is 48.2 Å². The molecular weight excluding hydrogens is 845 g/mol. The number of rotatable bonds is 12. The number of para-hydroxylation sites is 2. The third-order valence-electron chi connectivity index (χ3n) is 16.3. The van der Waals surface area contributed by atoms with Crippen molar-refractivity contribution in [1.82, 2.24) is 20.4 Å². The van der Waals surface area contributed by atoms with Crippen LogP contribution in [0.15, 0.2) is 109 Å². The van der Waals surface area contributed by atoms with E-state index in [9.17, 15) is 19.2 Å². The average molecular weight is 919 g/mol. The van der Waals surface area contributed by atoms with E-state index < -0.39 is 0 Å². The second-order valence-corrected chi connectivity index (χ2v) is 20.5. The molecule has 4 heterocycles. The van der Waals surface area contributed by atoms with Gasteiger partial charge in [-0.15, -0.1) is 0 Å². The monoisotopic (exact) mass is 919 g/mol. The fourth-order valence-corrected chi connectivity index (χ4v) is 12.9. The fraction of sp³-hybridized carbons (Fsp3) is 0.517. The van der Waals surface area contributed by atoms with E-state index in [2.05, 4.69) is 93.4 Å². The highest BCUT2D eigenvalue weighted by atomic mass is 16.2. The van der Waals surface area contributed by atoms with Gasteiger partial charge in [-0.25, -0.2) is 0 Å². The Morgan fingerprint density at radius 3 is 1.29 bits per heavy atom. The van der Waals surface area contributed by atoms with E-state index in [1.54, 1.807) is 0 Å². The van der Waals surface area contributed by atoms with Gasteiger partial charge in [-0.1, -0.05) is 138 Å². The SMILES string of the molecule is CCCC[C@@H]1Nc2ccccc2[C@H]2[C@@H]1CCN2C(=O)[C@H]1CCCC[C@H]1NC(=O)c1ccccc1.CCCC[C@H]1Nc2ccccc2[C@@H]2[C@H]1CCN2C(=O)[C@H]1CCCC[C@H]1NC(=O)c1ccccc1. The molecule has 360 valence electrons. The molecule has 2 saturated heterocycles. The number of unbranched alkanes of at least 4 members (excludes halogenated alkanes) is 2. The Labute approximate surface area is 404 Å². The predicted octanol–water partition coefficient (Wildman–Crippen LogP) is 11.1. The molecular formula is C58H74N6O4. The molecule has 4 aromatic rings. The standard InChI is InChI=1S/2C29H37N3O2/c2*1-2-3-15-24-22-18-19-32(27(22)21-13-7-9-16-25(21)30-24)29(34)23-14-8-10-17-26(23)31-28(33)20-11-5-4-6-12-20/h2*4-7,9,11-13,16,22-24,26-27,30H,2-3,8,10,14-15,17-19H2,1H3,(H,31,33)/t22-,23+,24+,26-,27+;22-,23-,24+,26+,27+/m10/s1. The average Bonchev–Trinajstić information content (AvgIpc) is 4.05. The van der Waals surface area contributed by atoms with Gasteiger partial charge in [0.25, 0.3) is 11.8 Å². The van der Waals surface area contributed by atoms with Crippen LogP contribution in [-0.2, 0) is 9.59 Å². The number of amides is 4. The molecule has 0 unspecified atom stereocenters. The lowest BCUT2D eigenvalue weighted by Gasteiger charge is -2.42. The van der Waals surface area contributed by atoms with Gasteiger partial charge < -0.3 is 31.1 Å². The van der Waals surface area contributed by atoms with Crippen LogP contribution in [0.5, 0.6) is 0 Å². The quantitative estimate of drug-likeness (QED) is 0.112. The van der Waals surface area contributed by atoms with Crippen LogP contribution in [0.25, 0.3) is 0 Å². The van der Waals surface area contributed by atoms with Gasteiger partial charge in [0.05, 0.1) is 23.9 Å². The Morgan fingerprint density at radius 1 is 0.500 bits per heavy atom. The second kappa shape index (κ2) is 22.2. The number of nitrogens with one attached hydrogen (secondary N) is 4. The van der Waals surface area contributed by atoms with Gasteiger partial charge in [0.2, 0.25) is 11.8 Å². The zero-order chi connectivity index (χ0) is 47.0. The molecule has 4 aliphatic heterocycles. The largest absolute Gasteiger partial charge is 0.382 e. The normalized spacial score (nSPS) is 27.9. The molecule has 4 amide bonds. The maximum atomic E-state index is 14.1. The van der Waals surface area contributed by atoms with Gasteiger partial charge in [-0.3, -0.25) is 19.2 Å². The van der Waals surface area contributed by atoms with Crippen molar-refractivity contribution < 1.29 is 19.2 Å². The Balaban J connectivity index is 0.000000170. The van der Waals surface area contributed by atoms with Crippen LogP contribution in [0, 0.1) is 23.7 Å². The lowest BCUT2D eigenvalue weighted by Crippen LogP contribution is -2.50. The molecule has 4 N–H and O–H groups in total. The first-order valence-corrected chi connectivity index (χ1v) is 26.4. The number of carbonyl (C=O) groups excluding carboxylic acids is 4. The lowest BCUT2D eigenvalue weighted by molar-refractivity contribution is -0.139. The van der Waals surface area contributed by atoms with Crippen molar-refractivity contribution in [2.45, 2.75) is 153 Å². The van der Waals surface area contributed by atoms with Gasteiger partial charge in [0, 0.05) is 71.6 Å². The molecule has 0 spiro atoms. The summed E-state index contributed by atoms with van der Waals surface area (Å²) < 4.78 is 0. The van der Waals surface area contributed by atoms with Crippen LogP contribution in [-0.4, -0.2) is 70.7 Å². The minimum Gasteiger partial charge on any atom is -0.382 e. The summed E-state index contributed by atoms with van der Waals surface area (Å²) in [7, 11) is 0. The first-order chi connectivity index (χ1) is 33.3. The van der Waals surface area contributed by atoms with Crippen LogP contribution in [0.4, 0.5) is 11.4 Å². The summed E-state index contributed by atoms with van der Waals surface area (Å²) in [6.45, 7) is 6.10. The Kier molecular flexibility index (Phi) is 15.5. The summed E-state index contributed by atoms with van der Waals surface area (Å²) >= 11 is 0. The smallest absolute Gasteiger partial charge is 0.251 e. The summed E-state index contributed by atoms with van der Waals surface area (Å²) in [6.07, 6.45) is 16.8. The molecule has 68 heavy (non-hydrogen) atoms. The third-order valence-corrected chi connectivity index (χ3v) is 16.3. The van der Waals surface area contributed by atoms with E-state index >= 15 is 0 Å². The number of likely N-dealkylation sites (tertiary alicyclic amines) is 2. The number of hydrogen-bond acceptors (Lipinski definition) is 6. The molecule has 10 heteroatoms. The zero-order valence-corrected chi connectivity index (χ0v) is 40.4. The summed E-state index contributed by atoms with van der Waals surface area (Å²) in [6, 6.07) is 36.7. The third kappa shape index (κ3) is 10.2. The summed E-state index contributed by atoms with van der Waals surface area (Å²) in [5, 5.41) is 14.0. The summed E-state index contributed by atoms with van der Waals surface area (Å²) in [5.41, 5.74) is 6.20. The van der Waals surface area contributed by atoms with Gasteiger partial charge >= 0.3 is 0 Å². The Morgan fingerprint density at radius 2 is 0.882 bits per heavy atom. The van der Waals surface area contributed by atoms with Crippen LogP contribution < -0.4 is 21.3 Å². The highest BCUT2D eigenvalue weighted by Crippen LogP contribution is 2.50. The molecule has 10 nitrogen and oxygen atoms in total. The topological polar surface area (TPSA) is 123 Å². The highest BCUT2D eigenvalue weighted by molar-refractivity contribution is 5.95. The first kappa shape index (κ1) is 47.4. The molecule has 2 aliphatic carbocycles. The van der Waals surface area contributed by atoms with Crippen LogP contribution in [0.1, 0.15) is 161 Å². The van der Waals surface area contributed by atoms with Gasteiger partial charge in [0.15, 0.2) is 0 Å². The number of fused-ring (bicyclic) bond motifs is 6. The fourth-order valence-electron chi connectivity index (χ4n) is 12.9. The van der Waals surface area contributed by atoms with Crippen LogP contribution in [0.3, 0.4) is 0 Å². The second-order valence-electron chi connectivity index (χ2n) is 20.5. The molecule has 6 aliphatic rings. The molecule has 0 bridgehead atoms. The minimum absolute atomic E-state index is 0.0727. The molecule has 10 rings (SSSR count). The lowest BCUT2D eigenvalue weighted by atomic mass is 9.80. The van der Waals surface area contributed by atoms with Crippen molar-refractivity contribution >= 4 is 35.0 Å². The van der Waals surface area contributed by atoms with Crippen molar-refractivity contribution in [3.63, 3.8) is 0 Å². The molecule has 2 saturated carbocycles. The van der Waals surface area contributed by atoms with Gasteiger partial charge in [0.1, 0.15) is 0 Å². The molecule has 10 atom stereocenters. The van der Waals surface area contributed by atoms with Crippen molar-refractivity contribution in [1.29, 1.82) is 0 Å². The van der Waals surface area contributed by atoms with Crippen molar-refractivity contribution in [2.75, 3.05) is 23.7 Å². The maximum Gasteiger partial charge on any atom is 0.251 e. The summed E-state index contributed by atoms with van der Waals surface area (Å²) in [4.78, 5) is 58.3. The van der Waals surface area contributed by atoms with Crippen molar-refractivity contribution in [2.24, 2.45) is 23.7 Å². The van der Waals surface area contributed by atoms with E-state index in [-0.39, 0.29) is 59.6 Å². The maximum absolute atomic E-state index is 14.1. The predicted molar refractivity (Wildman–Crippen MR) is 271 cm³/mol. The van der Waals surface area contributed by atoms with Gasteiger partial charge in [-0.2, -0.15) is 0 Å². The van der Waals surface area contributed by atoms with Crippen LogP contribution in [0.2, 0.25) is 0 Å². The van der Waals surface area contributed by atoms with E-state index in [0.29, 0.717) is 35.0 Å². The number of hydrogen-bond donors (Lipinski definition) is 4. The molecule has 0 radical (unpaired) electrons. The molecule has 4 aromatic carbocycles. The highest BCUT2D eigenvalue weighted by Gasteiger charge is 2.49. The minimum atomic E-state index is -0.142.